The molecule has 0 saturated heterocycles. The minimum Gasteiger partial charge on any atom is -0.483 e. The molecule has 1 amide bonds. The van der Waals surface area contributed by atoms with Crippen LogP contribution in [0.25, 0.3) is 0 Å². The van der Waals surface area contributed by atoms with Gasteiger partial charge in [-0.15, -0.1) is 0 Å². The highest BCUT2D eigenvalue weighted by Gasteiger charge is 2.32. The highest BCUT2D eigenvalue weighted by atomic mass is 16.5. The lowest BCUT2D eigenvalue weighted by atomic mass is 10.0. The van der Waals surface area contributed by atoms with Crippen molar-refractivity contribution in [2.75, 3.05) is 13.2 Å². The van der Waals surface area contributed by atoms with Crippen LogP contribution >= 0.6 is 0 Å². The monoisotopic (exact) mass is 371 g/mol. The molecule has 0 fully saturated rings. The van der Waals surface area contributed by atoms with Crippen molar-refractivity contribution < 1.29 is 19.0 Å². The van der Waals surface area contributed by atoms with Crippen molar-refractivity contribution in [3.8, 4) is 11.5 Å². The molecule has 0 unspecified atom stereocenters. The van der Waals surface area contributed by atoms with Gasteiger partial charge in [-0.1, -0.05) is 12.1 Å². The average Bonchev–Trinajstić information content (AvgIpc) is 3.14. The van der Waals surface area contributed by atoms with Gasteiger partial charge in [-0.2, -0.15) is 5.10 Å². The number of hydrogen-bond donors (Lipinski definition) is 1. The van der Waals surface area contributed by atoms with Crippen molar-refractivity contribution in [1.82, 2.24) is 15.1 Å². The molecule has 1 aromatic heterocycles. The molecule has 7 heteroatoms. The van der Waals surface area contributed by atoms with Crippen LogP contribution in [0.4, 0.5) is 0 Å². The van der Waals surface area contributed by atoms with Gasteiger partial charge in [0.2, 0.25) is 0 Å². The number of carbonyl (C=O) groups is 1. The lowest BCUT2D eigenvalue weighted by Gasteiger charge is -2.18. The summed E-state index contributed by atoms with van der Waals surface area (Å²) in [6.45, 7) is 5.65. The third-order valence-corrected chi connectivity index (χ3v) is 4.95. The van der Waals surface area contributed by atoms with E-state index in [2.05, 4.69) is 10.4 Å². The van der Waals surface area contributed by atoms with E-state index >= 15 is 0 Å². The van der Waals surface area contributed by atoms with E-state index < -0.39 is 0 Å². The van der Waals surface area contributed by atoms with Gasteiger partial charge in [0, 0.05) is 36.7 Å². The Balaban J connectivity index is 1.35. The fourth-order valence-electron chi connectivity index (χ4n) is 3.71. The van der Waals surface area contributed by atoms with Crippen LogP contribution in [0.1, 0.15) is 36.4 Å². The molecule has 27 heavy (non-hydrogen) atoms. The number of hydrogen-bond acceptors (Lipinski definition) is 5. The lowest BCUT2D eigenvalue weighted by molar-refractivity contribution is -0.123. The van der Waals surface area contributed by atoms with Crippen molar-refractivity contribution in [2.45, 2.75) is 45.4 Å². The second kappa shape index (κ2) is 6.88. The summed E-state index contributed by atoms with van der Waals surface area (Å²) in [5.41, 5.74) is 3.98. The van der Waals surface area contributed by atoms with Gasteiger partial charge < -0.3 is 19.5 Å². The molecular weight excluding hydrogens is 346 g/mol. The number of carbonyl (C=O) groups excluding carboxylic acids is 1. The highest BCUT2D eigenvalue weighted by molar-refractivity contribution is 5.77. The molecule has 3 heterocycles. The van der Waals surface area contributed by atoms with E-state index in [1.54, 1.807) is 0 Å². The maximum atomic E-state index is 12.2. The van der Waals surface area contributed by atoms with Crippen LogP contribution in [-0.2, 0) is 42.6 Å². The summed E-state index contributed by atoms with van der Waals surface area (Å²) in [6.07, 6.45) is 1.68. The van der Waals surface area contributed by atoms with E-state index in [9.17, 15) is 4.79 Å². The van der Waals surface area contributed by atoms with Gasteiger partial charge in [0.05, 0.1) is 25.5 Å². The molecule has 0 saturated carbocycles. The SMILES string of the molecule is Cn1nc(CNC(=O)COc2cccc3c2OC(C)(C)C3)c2c1CCOC2. The fourth-order valence-corrected chi connectivity index (χ4v) is 3.71. The van der Waals surface area contributed by atoms with E-state index in [0.717, 1.165) is 35.4 Å². The van der Waals surface area contributed by atoms with Gasteiger partial charge in [0.25, 0.3) is 5.91 Å². The van der Waals surface area contributed by atoms with Gasteiger partial charge in [-0.25, -0.2) is 0 Å². The number of benzene rings is 1. The summed E-state index contributed by atoms with van der Waals surface area (Å²) in [6, 6.07) is 5.79. The first kappa shape index (κ1) is 17.9. The van der Waals surface area contributed by atoms with E-state index in [-0.39, 0.29) is 18.1 Å². The summed E-state index contributed by atoms with van der Waals surface area (Å²) in [5, 5.41) is 7.39. The van der Waals surface area contributed by atoms with Crippen LogP contribution in [0.15, 0.2) is 18.2 Å². The van der Waals surface area contributed by atoms with Crippen LogP contribution in [0.3, 0.4) is 0 Å². The molecule has 0 atom stereocenters. The van der Waals surface area contributed by atoms with Gasteiger partial charge in [0.1, 0.15) is 5.60 Å². The minimum atomic E-state index is -0.246. The Morgan fingerprint density at radius 1 is 1.41 bits per heavy atom. The minimum absolute atomic E-state index is 0.0637. The summed E-state index contributed by atoms with van der Waals surface area (Å²) < 4.78 is 19.1. The number of aryl methyl sites for hydroxylation is 1. The van der Waals surface area contributed by atoms with Crippen LogP contribution in [-0.4, -0.2) is 34.5 Å². The van der Waals surface area contributed by atoms with Crippen LogP contribution in [0.2, 0.25) is 0 Å². The predicted octanol–water partition coefficient (Wildman–Crippen LogP) is 1.90. The number of rotatable bonds is 5. The fraction of sp³-hybridized carbons (Fsp3) is 0.500. The Morgan fingerprint density at radius 3 is 3.11 bits per heavy atom. The molecule has 2 aliphatic rings. The van der Waals surface area contributed by atoms with Gasteiger partial charge in [0.15, 0.2) is 18.1 Å². The van der Waals surface area contributed by atoms with Crippen molar-refractivity contribution in [3.63, 3.8) is 0 Å². The summed E-state index contributed by atoms with van der Waals surface area (Å²) in [4.78, 5) is 12.2. The number of amides is 1. The summed E-state index contributed by atoms with van der Waals surface area (Å²) in [5.74, 6) is 1.16. The molecule has 2 aromatic rings. The number of nitrogens with one attached hydrogen (secondary N) is 1. The topological polar surface area (TPSA) is 74.6 Å². The largest absolute Gasteiger partial charge is 0.483 e. The first-order valence-electron chi connectivity index (χ1n) is 9.25. The molecule has 0 spiro atoms. The van der Waals surface area contributed by atoms with E-state index in [1.807, 2.05) is 43.8 Å². The quantitative estimate of drug-likeness (QED) is 0.869. The summed E-state index contributed by atoms with van der Waals surface area (Å²) >= 11 is 0. The zero-order valence-electron chi connectivity index (χ0n) is 16.0. The Labute approximate surface area is 158 Å². The maximum absolute atomic E-state index is 12.2. The lowest BCUT2D eigenvalue weighted by Crippen LogP contribution is -2.29. The molecule has 4 rings (SSSR count). The van der Waals surface area contributed by atoms with Gasteiger partial charge >= 0.3 is 0 Å². The van der Waals surface area contributed by atoms with Crippen LogP contribution in [0, 0.1) is 0 Å². The zero-order chi connectivity index (χ0) is 19.0. The number of fused-ring (bicyclic) bond motifs is 2. The molecule has 0 bridgehead atoms. The molecule has 0 radical (unpaired) electrons. The predicted molar refractivity (Wildman–Crippen MR) is 98.8 cm³/mol. The van der Waals surface area contributed by atoms with Crippen LogP contribution in [0.5, 0.6) is 11.5 Å². The van der Waals surface area contributed by atoms with Gasteiger partial charge in [-0.3, -0.25) is 9.48 Å². The van der Waals surface area contributed by atoms with E-state index in [4.69, 9.17) is 14.2 Å². The van der Waals surface area contributed by atoms with Crippen molar-refractivity contribution >= 4 is 5.91 Å². The molecule has 1 N–H and O–H groups in total. The third-order valence-electron chi connectivity index (χ3n) is 4.95. The van der Waals surface area contributed by atoms with E-state index in [1.165, 1.54) is 5.69 Å². The Morgan fingerprint density at radius 2 is 2.26 bits per heavy atom. The highest BCUT2D eigenvalue weighted by Crippen LogP contribution is 2.41. The summed E-state index contributed by atoms with van der Waals surface area (Å²) in [7, 11) is 1.93. The molecule has 0 aliphatic carbocycles. The normalized spacial score (nSPS) is 17.0. The number of ether oxygens (including phenoxy) is 3. The number of aromatic nitrogens is 2. The smallest absolute Gasteiger partial charge is 0.258 e. The first-order valence-corrected chi connectivity index (χ1v) is 9.25. The van der Waals surface area contributed by atoms with Crippen molar-refractivity contribution in [1.29, 1.82) is 0 Å². The molecule has 144 valence electrons. The maximum Gasteiger partial charge on any atom is 0.258 e. The Hall–Kier alpha value is -2.54. The Kier molecular flexibility index (Phi) is 4.55. The van der Waals surface area contributed by atoms with Gasteiger partial charge in [-0.05, 0) is 19.9 Å². The number of para-hydroxylation sites is 1. The Bertz CT molecular complexity index is 872. The standard InChI is InChI=1S/C20H25N3O4/c1-20(2)9-13-5-4-6-17(19(13)27-20)26-12-18(24)21-10-15-14-11-25-8-7-16(14)23(3)22-15/h4-6H,7-12H2,1-3H3,(H,21,24). The van der Waals surface area contributed by atoms with E-state index in [0.29, 0.717) is 25.5 Å². The molecular formula is C20H25N3O4. The van der Waals surface area contributed by atoms with Crippen molar-refractivity contribution in [2.24, 2.45) is 7.05 Å². The zero-order valence-corrected chi connectivity index (χ0v) is 16.0. The number of nitrogens with zero attached hydrogens (tertiary/aromatic N) is 2. The first-order chi connectivity index (χ1) is 12.9. The molecule has 1 aromatic carbocycles. The second-order valence-electron chi connectivity index (χ2n) is 7.65. The second-order valence-corrected chi connectivity index (χ2v) is 7.65. The van der Waals surface area contributed by atoms with Crippen molar-refractivity contribution in [3.05, 3.63) is 40.7 Å². The average molecular weight is 371 g/mol. The molecule has 2 aliphatic heterocycles. The third kappa shape index (κ3) is 3.64. The van der Waals surface area contributed by atoms with Crippen LogP contribution < -0.4 is 14.8 Å². The molecule has 7 nitrogen and oxygen atoms in total.